The summed E-state index contributed by atoms with van der Waals surface area (Å²) in [5.41, 5.74) is -2.24. The van der Waals surface area contributed by atoms with E-state index in [-0.39, 0.29) is 28.0 Å². The highest BCUT2D eigenvalue weighted by Crippen LogP contribution is 2.36. The van der Waals surface area contributed by atoms with E-state index in [4.69, 9.17) is 23.4 Å². The van der Waals surface area contributed by atoms with E-state index >= 15 is 0 Å². The molecule has 9 heteroatoms. The fraction of sp³-hybridized carbons (Fsp3) is 0.455. The van der Waals surface area contributed by atoms with Gasteiger partial charge >= 0.3 is 17.6 Å². The van der Waals surface area contributed by atoms with Gasteiger partial charge in [0.2, 0.25) is 5.75 Å². The Morgan fingerprint density at radius 2 is 1.48 bits per heavy atom. The van der Waals surface area contributed by atoms with E-state index in [1.54, 1.807) is 41.5 Å². The quantitative estimate of drug-likeness (QED) is 0.368. The van der Waals surface area contributed by atoms with E-state index in [1.807, 2.05) is 0 Å². The molecule has 0 aliphatic heterocycles. The molecule has 0 atom stereocenters. The molecule has 0 aliphatic rings. The van der Waals surface area contributed by atoms with Crippen molar-refractivity contribution in [2.24, 2.45) is 0 Å². The van der Waals surface area contributed by atoms with Crippen LogP contribution in [0.1, 0.15) is 51.9 Å². The Hall–Kier alpha value is -3.36. The molecule has 0 unspecified atom stereocenters. The van der Waals surface area contributed by atoms with E-state index < -0.39 is 42.0 Å². The average Bonchev–Trinajstić information content (AvgIpc) is 2.61. The smallest absolute Gasteiger partial charge is 0.344 e. The van der Waals surface area contributed by atoms with E-state index in [1.165, 1.54) is 12.1 Å². The third-order valence-electron chi connectivity index (χ3n) is 3.51. The van der Waals surface area contributed by atoms with Crippen molar-refractivity contribution in [1.82, 2.24) is 0 Å². The lowest BCUT2D eigenvalue weighted by Gasteiger charge is -2.21. The number of ether oxygens (including phenoxy) is 4. The molecular weight excluding hydrogens is 408 g/mol. The second kappa shape index (κ2) is 9.20. The van der Waals surface area contributed by atoms with Gasteiger partial charge in [0.05, 0.1) is 0 Å². The van der Waals surface area contributed by atoms with Crippen LogP contribution in [0.25, 0.3) is 11.0 Å². The molecule has 1 aromatic carbocycles. The van der Waals surface area contributed by atoms with Crippen molar-refractivity contribution >= 4 is 29.2 Å². The number of carbonyl (C=O) groups excluding carboxylic acids is 3. The summed E-state index contributed by atoms with van der Waals surface area (Å²) in [4.78, 5) is 47.3. The minimum absolute atomic E-state index is 0.0214. The maximum atomic E-state index is 12.1. The van der Waals surface area contributed by atoms with E-state index in [9.17, 15) is 19.2 Å². The zero-order valence-corrected chi connectivity index (χ0v) is 18.4. The van der Waals surface area contributed by atoms with Gasteiger partial charge < -0.3 is 23.4 Å². The summed E-state index contributed by atoms with van der Waals surface area (Å²) >= 11 is 0. The SMILES string of the molecule is CC(C)(C)OC(=O)COc1ccc2c(C=O)cc(=O)oc2c1OCC(=O)OC(C)(C)C. The van der Waals surface area contributed by atoms with Crippen LogP contribution >= 0.6 is 0 Å². The molecule has 0 saturated carbocycles. The zero-order chi connectivity index (χ0) is 23.4. The predicted molar refractivity (Wildman–Crippen MR) is 111 cm³/mol. The van der Waals surface area contributed by atoms with Crippen LogP contribution in [0.3, 0.4) is 0 Å². The number of carbonyl (C=O) groups is 3. The molecular formula is C22H26O9. The summed E-state index contributed by atoms with van der Waals surface area (Å²) in [6.45, 7) is 9.27. The molecule has 2 rings (SSSR count). The Balaban J connectivity index is 2.40. The number of aldehydes is 1. The molecule has 9 nitrogen and oxygen atoms in total. The number of rotatable bonds is 7. The molecule has 0 bridgehead atoms. The number of hydrogen-bond donors (Lipinski definition) is 0. The number of benzene rings is 1. The summed E-state index contributed by atoms with van der Waals surface area (Å²) in [5.74, 6) is -1.40. The molecule has 1 aromatic heterocycles. The standard InChI is InChI=1S/C22H26O9/c1-21(2,3)30-17(25)11-27-15-8-7-14-13(10-23)9-16(24)29-19(14)20(15)28-12-18(26)31-22(4,5)6/h7-10H,11-12H2,1-6H3. The molecule has 0 N–H and O–H groups in total. The number of hydrogen-bond acceptors (Lipinski definition) is 9. The summed E-state index contributed by atoms with van der Waals surface area (Å²) in [6.07, 6.45) is 0.498. The largest absolute Gasteiger partial charge is 0.478 e. The van der Waals surface area contributed by atoms with Gasteiger partial charge in [0.1, 0.15) is 11.2 Å². The monoisotopic (exact) mass is 434 g/mol. The molecule has 168 valence electrons. The summed E-state index contributed by atoms with van der Waals surface area (Å²) in [6, 6.07) is 3.95. The van der Waals surface area contributed by atoms with Crippen molar-refractivity contribution in [1.29, 1.82) is 0 Å². The summed E-state index contributed by atoms with van der Waals surface area (Å²) in [5, 5.41) is 0.276. The first-order valence-corrected chi connectivity index (χ1v) is 9.54. The minimum atomic E-state index is -0.791. The highest BCUT2D eigenvalue weighted by molar-refractivity contribution is 5.98. The van der Waals surface area contributed by atoms with Crippen LogP contribution in [0.15, 0.2) is 27.4 Å². The molecule has 0 amide bonds. The average molecular weight is 434 g/mol. The number of fused-ring (bicyclic) bond motifs is 1. The van der Waals surface area contributed by atoms with Crippen molar-refractivity contribution in [3.63, 3.8) is 0 Å². The van der Waals surface area contributed by atoms with Crippen molar-refractivity contribution in [3.05, 3.63) is 34.2 Å². The Morgan fingerprint density at radius 3 is 2.00 bits per heavy atom. The normalized spacial score (nSPS) is 11.7. The minimum Gasteiger partial charge on any atom is -0.478 e. The van der Waals surface area contributed by atoms with Crippen molar-refractivity contribution in [2.45, 2.75) is 52.7 Å². The first kappa shape index (κ1) is 23.9. The van der Waals surface area contributed by atoms with Crippen LogP contribution in [0.2, 0.25) is 0 Å². The first-order chi connectivity index (χ1) is 14.3. The van der Waals surface area contributed by atoms with Crippen LogP contribution in [-0.2, 0) is 19.1 Å². The molecule has 0 saturated heterocycles. The molecule has 2 aromatic rings. The fourth-order valence-electron chi connectivity index (χ4n) is 2.57. The molecule has 0 aliphatic carbocycles. The molecule has 0 spiro atoms. The molecule has 0 radical (unpaired) electrons. The van der Waals surface area contributed by atoms with Gasteiger partial charge in [-0.3, -0.25) is 4.79 Å². The fourth-order valence-corrected chi connectivity index (χ4v) is 2.57. The van der Waals surface area contributed by atoms with Gasteiger partial charge in [0.15, 0.2) is 30.8 Å². The van der Waals surface area contributed by atoms with E-state index in [0.29, 0.717) is 6.29 Å². The Morgan fingerprint density at radius 1 is 0.935 bits per heavy atom. The Labute approximate surface area is 179 Å². The first-order valence-electron chi connectivity index (χ1n) is 9.54. The van der Waals surface area contributed by atoms with Gasteiger partial charge in [-0.05, 0) is 53.7 Å². The second-order valence-corrected chi connectivity index (χ2v) is 8.66. The summed E-state index contributed by atoms with van der Waals surface area (Å²) < 4.78 is 26.7. The van der Waals surface area contributed by atoms with Crippen LogP contribution in [0, 0.1) is 0 Å². The second-order valence-electron chi connectivity index (χ2n) is 8.66. The van der Waals surface area contributed by atoms with Crippen LogP contribution in [0.5, 0.6) is 11.5 Å². The van der Waals surface area contributed by atoms with Gasteiger partial charge in [0.25, 0.3) is 0 Å². The maximum Gasteiger partial charge on any atom is 0.344 e. The maximum absolute atomic E-state index is 12.1. The van der Waals surface area contributed by atoms with Gasteiger partial charge in [0, 0.05) is 17.0 Å². The van der Waals surface area contributed by atoms with Crippen LogP contribution in [-0.4, -0.2) is 42.6 Å². The van der Waals surface area contributed by atoms with Gasteiger partial charge in [-0.2, -0.15) is 0 Å². The molecule has 31 heavy (non-hydrogen) atoms. The Bertz CT molecular complexity index is 1040. The van der Waals surface area contributed by atoms with Gasteiger partial charge in [-0.1, -0.05) is 0 Å². The van der Waals surface area contributed by atoms with Crippen LogP contribution in [0.4, 0.5) is 0 Å². The predicted octanol–water partition coefficient (Wildman–Crippen LogP) is 3.05. The van der Waals surface area contributed by atoms with Crippen molar-refractivity contribution in [2.75, 3.05) is 13.2 Å². The zero-order valence-electron chi connectivity index (χ0n) is 18.4. The Kier molecular flexibility index (Phi) is 7.09. The molecule has 0 fully saturated rings. The van der Waals surface area contributed by atoms with Crippen LogP contribution < -0.4 is 15.1 Å². The van der Waals surface area contributed by atoms with E-state index in [0.717, 1.165) is 6.07 Å². The lowest BCUT2D eigenvalue weighted by Crippen LogP contribution is -2.28. The topological polar surface area (TPSA) is 118 Å². The third-order valence-corrected chi connectivity index (χ3v) is 3.51. The highest BCUT2D eigenvalue weighted by Gasteiger charge is 2.22. The lowest BCUT2D eigenvalue weighted by molar-refractivity contribution is -0.158. The summed E-state index contributed by atoms with van der Waals surface area (Å²) in [7, 11) is 0. The number of esters is 2. The van der Waals surface area contributed by atoms with Gasteiger partial charge in [-0.25, -0.2) is 14.4 Å². The van der Waals surface area contributed by atoms with Gasteiger partial charge in [-0.15, -0.1) is 0 Å². The van der Waals surface area contributed by atoms with Crippen molar-refractivity contribution < 1.29 is 37.7 Å². The highest BCUT2D eigenvalue weighted by atomic mass is 16.6. The van der Waals surface area contributed by atoms with E-state index in [2.05, 4.69) is 0 Å². The lowest BCUT2D eigenvalue weighted by atomic mass is 10.1. The molecule has 1 heterocycles. The van der Waals surface area contributed by atoms with Crippen molar-refractivity contribution in [3.8, 4) is 11.5 Å². The third kappa shape index (κ3) is 7.13.